The highest BCUT2D eigenvalue weighted by molar-refractivity contribution is 5.59. The lowest BCUT2D eigenvalue weighted by Gasteiger charge is -2.33. The highest BCUT2D eigenvalue weighted by atomic mass is 15.1. The summed E-state index contributed by atoms with van der Waals surface area (Å²) in [5.74, 6) is 0.824. The van der Waals surface area contributed by atoms with Gasteiger partial charge in [0.15, 0.2) is 0 Å². The molecule has 0 spiro atoms. The Labute approximate surface area is 98.7 Å². The highest BCUT2D eigenvalue weighted by Crippen LogP contribution is 2.26. The predicted molar refractivity (Wildman–Crippen MR) is 70.3 cm³/mol. The molecule has 0 amide bonds. The van der Waals surface area contributed by atoms with Crippen molar-refractivity contribution in [3.05, 3.63) is 28.8 Å². The third-order valence-electron chi connectivity index (χ3n) is 3.42. The summed E-state index contributed by atoms with van der Waals surface area (Å²) < 4.78 is 0. The van der Waals surface area contributed by atoms with Crippen LogP contribution in [0.3, 0.4) is 0 Å². The highest BCUT2D eigenvalue weighted by Gasteiger charge is 2.20. The van der Waals surface area contributed by atoms with Crippen LogP contribution in [0, 0.1) is 26.7 Å². The summed E-state index contributed by atoms with van der Waals surface area (Å²) in [5.41, 5.74) is 5.56. The molecule has 0 aromatic heterocycles. The van der Waals surface area contributed by atoms with E-state index in [0.717, 1.165) is 12.5 Å². The number of aryl methyl sites for hydroxylation is 3. The van der Waals surface area contributed by atoms with Gasteiger partial charge in [-0.25, -0.2) is 0 Å². The fourth-order valence-electron chi connectivity index (χ4n) is 2.73. The molecule has 0 aliphatic carbocycles. The number of anilines is 1. The standard InChI is InChI=1S/C14H22N2/c1-10-5-11(2)14(12(3)6-10)16(4)9-13-7-15-8-13/h5-6,13,15H,7-9H2,1-4H3. The van der Waals surface area contributed by atoms with Gasteiger partial charge < -0.3 is 10.2 Å². The molecular weight excluding hydrogens is 196 g/mol. The van der Waals surface area contributed by atoms with E-state index in [1.54, 1.807) is 0 Å². The molecule has 1 fully saturated rings. The van der Waals surface area contributed by atoms with Crippen molar-refractivity contribution in [3.8, 4) is 0 Å². The van der Waals surface area contributed by atoms with Crippen LogP contribution in [0.2, 0.25) is 0 Å². The number of hydrogen-bond donors (Lipinski definition) is 1. The zero-order chi connectivity index (χ0) is 11.7. The van der Waals surface area contributed by atoms with E-state index in [1.807, 2.05) is 0 Å². The minimum Gasteiger partial charge on any atom is -0.374 e. The number of nitrogens with zero attached hydrogens (tertiary/aromatic N) is 1. The zero-order valence-electron chi connectivity index (χ0n) is 10.8. The van der Waals surface area contributed by atoms with Gasteiger partial charge in [-0.2, -0.15) is 0 Å². The Morgan fingerprint density at radius 2 is 1.75 bits per heavy atom. The predicted octanol–water partition coefficient (Wildman–Crippen LogP) is 2.27. The Morgan fingerprint density at radius 3 is 2.19 bits per heavy atom. The molecule has 1 aromatic carbocycles. The van der Waals surface area contributed by atoms with Gasteiger partial charge in [-0.15, -0.1) is 0 Å². The summed E-state index contributed by atoms with van der Waals surface area (Å²) in [6.45, 7) is 10.1. The molecule has 0 unspecified atom stereocenters. The molecular formula is C14H22N2. The quantitative estimate of drug-likeness (QED) is 0.837. The second kappa shape index (κ2) is 4.46. The van der Waals surface area contributed by atoms with Gasteiger partial charge in [0.2, 0.25) is 0 Å². The number of hydrogen-bond acceptors (Lipinski definition) is 2. The summed E-state index contributed by atoms with van der Waals surface area (Å²) in [4.78, 5) is 2.41. The van der Waals surface area contributed by atoms with Crippen LogP contribution in [-0.2, 0) is 0 Å². The second-order valence-electron chi connectivity index (χ2n) is 5.15. The number of nitrogens with one attached hydrogen (secondary N) is 1. The molecule has 2 nitrogen and oxygen atoms in total. The lowest BCUT2D eigenvalue weighted by molar-refractivity contribution is 0.352. The molecule has 1 N–H and O–H groups in total. The van der Waals surface area contributed by atoms with Gasteiger partial charge in [-0.05, 0) is 31.9 Å². The second-order valence-corrected chi connectivity index (χ2v) is 5.15. The first-order valence-electron chi connectivity index (χ1n) is 6.07. The maximum Gasteiger partial charge on any atom is 0.0423 e. The van der Waals surface area contributed by atoms with Crippen molar-refractivity contribution in [2.45, 2.75) is 20.8 Å². The van der Waals surface area contributed by atoms with Crippen molar-refractivity contribution < 1.29 is 0 Å². The van der Waals surface area contributed by atoms with Gasteiger partial charge in [0, 0.05) is 38.3 Å². The topological polar surface area (TPSA) is 15.3 Å². The Bertz CT molecular complexity index is 357. The van der Waals surface area contributed by atoms with E-state index in [4.69, 9.17) is 0 Å². The largest absolute Gasteiger partial charge is 0.374 e. The molecule has 1 aromatic rings. The van der Waals surface area contributed by atoms with Gasteiger partial charge in [0.1, 0.15) is 0 Å². The Hall–Kier alpha value is -1.02. The van der Waals surface area contributed by atoms with E-state index in [9.17, 15) is 0 Å². The Balaban J connectivity index is 2.17. The minimum absolute atomic E-state index is 0.824. The van der Waals surface area contributed by atoms with Crippen molar-refractivity contribution in [1.29, 1.82) is 0 Å². The van der Waals surface area contributed by atoms with Crippen molar-refractivity contribution >= 4 is 5.69 Å². The van der Waals surface area contributed by atoms with Crippen LogP contribution >= 0.6 is 0 Å². The van der Waals surface area contributed by atoms with E-state index in [-0.39, 0.29) is 0 Å². The van der Waals surface area contributed by atoms with E-state index >= 15 is 0 Å². The van der Waals surface area contributed by atoms with Crippen LogP contribution in [0.4, 0.5) is 5.69 Å². The van der Waals surface area contributed by atoms with Crippen LogP contribution < -0.4 is 10.2 Å². The fraction of sp³-hybridized carbons (Fsp3) is 0.571. The lowest BCUT2D eigenvalue weighted by atomic mass is 10.0. The average molecular weight is 218 g/mol. The average Bonchev–Trinajstić information content (AvgIpc) is 2.09. The maximum absolute atomic E-state index is 3.33. The molecule has 1 aliphatic rings. The van der Waals surface area contributed by atoms with Crippen LogP contribution in [0.25, 0.3) is 0 Å². The third-order valence-corrected chi connectivity index (χ3v) is 3.42. The van der Waals surface area contributed by atoms with E-state index in [0.29, 0.717) is 0 Å². The first-order chi connectivity index (χ1) is 7.58. The molecule has 88 valence electrons. The van der Waals surface area contributed by atoms with E-state index < -0.39 is 0 Å². The van der Waals surface area contributed by atoms with Crippen LogP contribution in [-0.4, -0.2) is 26.7 Å². The van der Waals surface area contributed by atoms with Gasteiger partial charge in [-0.1, -0.05) is 17.7 Å². The van der Waals surface area contributed by atoms with Crippen LogP contribution in [0.15, 0.2) is 12.1 Å². The van der Waals surface area contributed by atoms with Gasteiger partial charge >= 0.3 is 0 Å². The SMILES string of the molecule is Cc1cc(C)c(N(C)CC2CNC2)c(C)c1. The summed E-state index contributed by atoms with van der Waals surface area (Å²) in [6.07, 6.45) is 0. The summed E-state index contributed by atoms with van der Waals surface area (Å²) >= 11 is 0. The monoisotopic (exact) mass is 218 g/mol. The van der Waals surface area contributed by atoms with Crippen molar-refractivity contribution in [2.75, 3.05) is 31.6 Å². The van der Waals surface area contributed by atoms with Crippen LogP contribution in [0.1, 0.15) is 16.7 Å². The van der Waals surface area contributed by atoms with Gasteiger partial charge in [0.05, 0.1) is 0 Å². The molecule has 0 atom stereocenters. The van der Waals surface area contributed by atoms with E-state index in [2.05, 4.69) is 50.2 Å². The molecule has 2 rings (SSSR count). The van der Waals surface area contributed by atoms with Crippen molar-refractivity contribution in [1.82, 2.24) is 5.32 Å². The minimum atomic E-state index is 0.824. The first-order valence-corrected chi connectivity index (χ1v) is 6.07. The molecule has 16 heavy (non-hydrogen) atoms. The first kappa shape index (κ1) is 11.5. The van der Waals surface area contributed by atoms with E-state index in [1.165, 1.54) is 35.5 Å². The summed E-state index contributed by atoms with van der Waals surface area (Å²) in [6, 6.07) is 4.55. The third kappa shape index (κ3) is 2.22. The molecule has 0 saturated carbocycles. The molecule has 0 bridgehead atoms. The molecule has 1 saturated heterocycles. The Morgan fingerprint density at radius 1 is 1.19 bits per heavy atom. The normalized spacial score (nSPS) is 16.0. The van der Waals surface area contributed by atoms with Crippen molar-refractivity contribution in [2.24, 2.45) is 5.92 Å². The molecule has 1 heterocycles. The van der Waals surface area contributed by atoms with Crippen LogP contribution in [0.5, 0.6) is 0 Å². The maximum atomic E-state index is 3.33. The summed E-state index contributed by atoms with van der Waals surface area (Å²) in [5, 5.41) is 3.33. The molecule has 2 heteroatoms. The number of benzene rings is 1. The fourth-order valence-corrected chi connectivity index (χ4v) is 2.73. The van der Waals surface area contributed by atoms with Crippen molar-refractivity contribution in [3.63, 3.8) is 0 Å². The van der Waals surface area contributed by atoms with Gasteiger partial charge in [-0.3, -0.25) is 0 Å². The lowest BCUT2D eigenvalue weighted by Crippen LogP contribution is -2.47. The zero-order valence-corrected chi connectivity index (χ0v) is 10.8. The smallest absolute Gasteiger partial charge is 0.0423 e. The molecule has 1 aliphatic heterocycles. The van der Waals surface area contributed by atoms with Gasteiger partial charge in [0.25, 0.3) is 0 Å². The Kier molecular flexibility index (Phi) is 3.20. The number of rotatable bonds is 3. The molecule has 0 radical (unpaired) electrons. The summed E-state index contributed by atoms with van der Waals surface area (Å²) in [7, 11) is 2.21.